The summed E-state index contributed by atoms with van der Waals surface area (Å²) in [5.74, 6) is 1.03. The second-order valence-electron chi connectivity index (χ2n) is 6.84. The van der Waals surface area contributed by atoms with Crippen LogP contribution >= 0.6 is 15.9 Å². The fraction of sp³-hybridized carbons (Fsp3) is 0.647. The van der Waals surface area contributed by atoms with Crippen molar-refractivity contribution in [1.29, 1.82) is 0 Å². The Hall–Kier alpha value is -0.580. The first-order valence-corrected chi connectivity index (χ1v) is 8.83. The van der Waals surface area contributed by atoms with Crippen LogP contribution in [0.4, 0.5) is 0 Å². The SMILES string of the molecule is OC1(Cc2cc(Br)cc3c2OCC3)CCN2CCCC2C1. The third-order valence-corrected chi connectivity index (χ3v) is 5.78. The van der Waals surface area contributed by atoms with Crippen molar-refractivity contribution in [2.75, 3.05) is 19.7 Å². The van der Waals surface area contributed by atoms with Gasteiger partial charge < -0.3 is 14.7 Å². The van der Waals surface area contributed by atoms with Crippen molar-refractivity contribution in [1.82, 2.24) is 4.90 Å². The van der Waals surface area contributed by atoms with Crippen molar-refractivity contribution < 1.29 is 9.84 Å². The quantitative estimate of drug-likeness (QED) is 0.889. The van der Waals surface area contributed by atoms with Crippen LogP contribution in [0.3, 0.4) is 0 Å². The maximum absolute atomic E-state index is 11.1. The fourth-order valence-corrected chi connectivity index (χ4v) is 4.86. The minimum Gasteiger partial charge on any atom is -0.493 e. The van der Waals surface area contributed by atoms with E-state index in [1.807, 2.05) is 0 Å². The van der Waals surface area contributed by atoms with Gasteiger partial charge in [0.2, 0.25) is 0 Å². The van der Waals surface area contributed by atoms with Crippen molar-refractivity contribution in [3.8, 4) is 5.75 Å². The van der Waals surface area contributed by atoms with E-state index in [0.717, 1.165) is 49.1 Å². The molecule has 2 unspecified atom stereocenters. The normalized spacial score (nSPS) is 31.8. The summed E-state index contributed by atoms with van der Waals surface area (Å²) in [7, 11) is 0. The zero-order valence-corrected chi connectivity index (χ0v) is 13.9. The van der Waals surface area contributed by atoms with E-state index in [1.54, 1.807) is 0 Å². The lowest BCUT2D eigenvalue weighted by atomic mass is 9.81. The molecule has 0 bridgehead atoms. The van der Waals surface area contributed by atoms with Gasteiger partial charge >= 0.3 is 0 Å². The summed E-state index contributed by atoms with van der Waals surface area (Å²) in [5.41, 5.74) is 1.89. The topological polar surface area (TPSA) is 32.7 Å². The largest absolute Gasteiger partial charge is 0.493 e. The molecule has 1 aromatic carbocycles. The number of fused-ring (bicyclic) bond motifs is 2. The molecule has 1 aromatic rings. The second-order valence-corrected chi connectivity index (χ2v) is 7.75. The molecule has 0 amide bonds. The average Bonchev–Trinajstić information content (AvgIpc) is 3.05. The molecule has 1 N–H and O–H groups in total. The molecule has 114 valence electrons. The smallest absolute Gasteiger partial charge is 0.125 e. The Morgan fingerprint density at radius 2 is 2.29 bits per heavy atom. The lowest BCUT2D eigenvalue weighted by Gasteiger charge is -2.41. The first-order chi connectivity index (χ1) is 10.1. The minimum absolute atomic E-state index is 0.563. The molecule has 3 aliphatic heterocycles. The van der Waals surface area contributed by atoms with Crippen LogP contribution in [0.1, 0.15) is 36.8 Å². The highest BCUT2D eigenvalue weighted by Gasteiger charge is 2.40. The molecule has 0 aromatic heterocycles. The Morgan fingerprint density at radius 3 is 3.19 bits per heavy atom. The third-order valence-electron chi connectivity index (χ3n) is 5.32. The van der Waals surface area contributed by atoms with Gasteiger partial charge in [-0.3, -0.25) is 0 Å². The average molecular weight is 352 g/mol. The van der Waals surface area contributed by atoms with Gasteiger partial charge in [0.15, 0.2) is 0 Å². The number of rotatable bonds is 2. The molecule has 21 heavy (non-hydrogen) atoms. The molecule has 0 spiro atoms. The molecule has 3 aliphatic rings. The Balaban J connectivity index is 1.58. The van der Waals surface area contributed by atoms with Crippen LogP contribution in [0.2, 0.25) is 0 Å². The first-order valence-electron chi connectivity index (χ1n) is 8.04. The van der Waals surface area contributed by atoms with E-state index in [-0.39, 0.29) is 0 Å². The standard InChI is InChI=1S/C17H22BrNO2/c18-14-8-12-3-7-21-16(12)13(9-14)10-17(20)4-6-19-5-1-2-15(19)11-17/h8-9,15,20H,1-7,10-11H2. The lowest BCUT2D eigenvalue weighted by Crippen LogP contribution is -2.48. The molecular weight excluding hydrogens is 330 g/mol. The molecule has 2 fully saturated rings. The van der Waals surface area contributed by atoms with Crippen LogP contribution in [0, 0.1) is 0 Å². The van der Waals surface area contributed by atoms with E-state index in [9.17, 15) is 5.11 Å². The van der Waals surface area contributed by atoms with E-state index >= 15 is 0 Å². The number of aliphatic hydroxyl groups is 1. The van der Waals surface area contributed by atoms with Gasteiger partial charge in [-0.25, -0.2) is 0 Å². The van der Waals surface area contributed by atoms with Crippen molar-refractivity contribution in [3.63, 3.8) is 0 Å². The van der Waals surface area contributed by atoms with Gasteiger partial charge in [0.1, 0.15) is 5.75 Å². The number of piperidine rings is 1. The molecule has 0 saturated carbocycles. The van der Waals surface area contributed by atoms with Crippen LogP contribution in [0.25, 0.3) is 0 Å². The Bertz CT molecular complexity index is 562. The zero-order chi connectivity index (χ0) is 14.4. The Morgan fingerprint density at radius 1 is 1.38 bits per heavy atom. The summed E-state index contributed by atoms with van der Waals surface area (Å²) in [6.07, 6.45) is 6.03. The number of ether oxygens (including phenoxy) is 1. The summed E-state index contributed by atoms with van der Waals surface area (Å²) in [4.78, 5) is 2.55. The van der Waals surface area contributed by atoms with Gasteiger partial charge in [0.05, 0.1) is 12.2 Å². The van der Waals surface area contributed by atoms with Crippen LogP contribution in [-0.4, -0.2) is 41.3 Å². The lowest BCUT2D eigenvalue weighted by molar-refractivity contribution is -0.0357. The maximum atomic E-state index is 11.1. The first kappa shape index (κ1) is 14.0. The number of hydrogen-bond donors (Lipinski definition) is 1. The van der Waals surface area contributed by atoms with Crippen molar-refractivity contribution in [2.45, 2.75) is 50.2 Å². The van der Waals surface area contributed by atoms with Gasteiger partial charge in [-0.1, -0.05) is 15.9 Å². The molecule has 4 heteroatoms. The van der Waals surface area contributed by atoms with Crippen molar-refractivity contribution >= 4 is 15.9 Å². The third kappa shape index (κ3) is 2.62. The van der Waals surface area contributed by atoms with E-state index in [0.29, 0.717) is 6.04 Å². The highest BCUT2D eigenvalue weighted by atomic mass is 79.9. The summed E-state index contributed by atoms with van der Waals surface area (Å²) in [5, 5.41) is 11.1. The predicted octanol–water partition coefficient (Wildman–Crippen LogP) is 2.92. The van der Waals surface area contributed by atoms with Crippen molar-refractivity contribution in [3.05, 3.63) is 27.7 Å². The monoisotopic (exact) mass is 351 g/mol. The van der Waals surface area contributed by atoms with Crippen molar-refractivity contribution in [2.24, 2.45) is 0 Å². The highest BCUT2D eigenvalue weighted by molar-refractivity contribution is 9.10. The molecule has 3 nitrogen and oxygen atoms in total. The van der Waals surface area contributed by atoms with Crippen LogP contribution in [-0.2, 0) is 12.8 Å². The maximum Gasteiger partial charge on any atom is 0.125 e. The molecule has 2 atom stereocenters. The zero-order valence-electron chi connectivity index (χ0n) is 12.3. The highest BCUT2D eigenvalue weighted by Crippen LogP contribution is 2.39. The number of nitrogens with zero attached hydrogens (tertiary/aromatic N) is 1. The van der Waals surface area contributed by atoms with Gasteiger partial charge in [0.25, 0.3) is 0 Å². The summed E-state index contributed by atoms with van der Waals surface area (Å²) >= 11 is 3.60. The molecule has 3 heterocycles. The fourth-order valence-electron chi connectivity index (χ4n) is 4.31. The summed E-state index contributed by atoms with van der Waals surface area (Å²) in [6, 6.07) is 4.86. The van der Waals surface area contributed by atoms with E-state index in [4.69, 9.17) is 4.74 Å². The molecule has 4 rings (SSSR count). The van der Waals surface area contributed by atoms with Crippen LogP contribution in [0.15, 0.2) is 16.6 Å². The molecule has 0 radical (unpaired) electrons. The van der Waals surface area contributed by atoms with Crippen LogP contribution in [0.5, 0.6) is 5.75 Å². The van der Waals surface area contributed by atoms with E-state index in [1.165, 1.54) is 30.5 Å². The second kappa shape index (κ2) is 5.25. The van der Waals surface area contributed by atoms with Gasteiger partial charge in [0, 0.05) is 29.9 Å². The predicted molar refractivity (Wildman–Crippen MR) is 85.8 cm³/mol. The molecule has 2 saturated heterocycles. The minimum atomic E-state index is -0.563. The van der Waals surface area contributed by atoms with Gasteiger partial charge in [-0.2, -0.15) is 0 Å². The number of halogens is 1. The van der Waals surface area contributed by atoms with Crippen LogP contribution < -0.4 is 4.74 Å². The number of hydrogen-bond acceptors (Lipinski definition) is 3. The molecule has 0 aliphatic carbocycles. The Labute approximate surface area is 134 Å². The van der Waals surface area contributed by atoms with E-state index < -0.39 is 5.60 Å². The number of benzene rings is 1. The summed E-state index contributed by atoms with van der Waals surface area (Å²) in [6.45, 7) is 3.03. The van der Waals surface area contributed by atoms with Gasteiger partial charge in [-0.05, 0) is 55.5 Å². The van der Waals surface area contributed by atoms with E-state index in [2.05, 4.69) is 33.0 Å². The summed E-state index contributed by atoms with van der Waals surface area (Å²) < 4.78 is 6.92. The Kier molecular flexibility index (Phi) is 3.51. The van der Waals surface area contributed by atoms with Gasteiger partial charge in [-0.15, -0.1) is 0 Å². The molecular formula is C17H22BrNO2.